The van der Waals surface area contributed by atoms with Crippen LogP contribution in [0.25, 0.3) is 22.4 Å². The van der Waals surface area contributed by atoms with Crippen molar-refractivity contribution in [1.29, 1.82) is 5.41 Å². The minimum absolute atomic E-state index is 0.0438. The van der Waals surface area contributed by atoms with Crippen molar-refractivity contribution < 1.29 is 4.79 Å². The zero-order chi connectivity index (χ0) is 21.4. The highest BCUT2D eigenvalue weighted by molar-refractivity contribution is 5.97. The molecule has 0 aliphatic rings. The first-order valence-electron chi connectivity index (χ1n) is 9.51. The fraction of sp³-hybridized carbons (Fsp3) is 0.130. The number of pyridine rings is 2. The van der Waals surface area contributed by atoms with E-state index in [1.165, 1.54) is 10.5 Å². The number of nitrogens with zero attached hydrogens (tertiary/aromatic N) is 3. The second kappa shape index (κ2) is 7.44. The van der Waals surface area contributed by atoms with Crippen LogP contribution in [0, 0.1) is 19.3 Å². The summed E-state index contributed by atoms with van der Waals surface area (Å²) in [7, 11) is 0. The lowest BCUT2D eigenvalue weighted by Crippen LogP contribution is -2.34. The van der Waals surface area contributed by atoms with E-state index in [9.17, 15) is 9.59 Å². The molecule has 0 unspecified atom stereocenters. The van der Waals surface area contributed by atoms with Gasteiger partial charge in [0.25, 0.3) is 11.5 Å². The Bertz CT molecular complexity index is 1430. The summed E-state index contributed by atoms with van der Waals surface area (Å²) in [4.78, 5) is 30.7. The lowest BCUT2D eigenvalue weighted by Gasteiger charge is -2.15. The second-order valence-electron chi connectivity index (χ2n) is 7.12. The van der Waals surface area contributed by atoms with Crippen LogP contribution in [0.1, 0.15) is 21.5 Å². The summed E-state index contributed by atoms with van der Waals surface area (Å²) in [5.74, 6) is -0.448. The molecule has 7 heteroatoms. The van der Waals surface area contributed by atoms with Gasteiger partial charge < -0.3 is 5.32 Å². The molecule has 2 N–H and O–H groups in total. The Morgan fingerprint density at radius 3 is 2.63 bits per heavy atom. The van der Waals surface area contributed by atoms with Crippen molar-refractivity contribution in [3.05, 3.63) is 93.8 Å². The van der Waals surface area contributed by atoms with Gasteiger partial charge in [-0.25, -0.2) is 4.98 Å². The van der Waals surface area contributed by atoms with E-state index < -0.39 is 5.91 Å². The molecule has 0 radical (unpaired) electrons. The van der Waals surface area contributed by atoms with Crippen LogP contribution in [-0.2, 0) is 0 Å². The maximum absolute atomic E-state index is 13.3. The van der Waals surface area contributed by atoms with E-state index in [-0.39, 0.29) is 28.5 Å². The van der Waals surface area contributed by atoms with Crippen LogP contribution in [0.3, 0.4) is 0 Å². The molecule has 0 atom stereocenters. The maximum atomic E-state index is 13.3. The first-order valence-corrected chi connectivity index (χ1v) is 9.51. The third-order valence-corrected chi connectivity index (χ3v) is 4.99. The van der Waals surface area contributed by atoms with E-state index in [1.54, 1.807) is 22.9 Å². The highest BCUT2D eigenvalue weighted by Crippen LogP contribution is 2.17. The number of aromatic nitrogens is 3. The molecule has 1 amide bonds. The average molecular weight is 399 g/mol. The Balaban J connectivity index is 2.16. The first kappa shape index (κ1) is 19.3. The molecule has 4 aromatic rings. The summed E-state index contributed by atoms with van der Waals surface area (Å²) in [5, 5.41) is 11.7. The van der Waals surface area contributed by atoms with Crippen LogP contribution in [0.5, 0.6) is 0 Å². The minimum atomic E-state index is -0.448. The lowest BCUT2D eigenvalue weighted by atomic mass is 10.1. The van der Waals surface area contributed by atoms with Gasteiger partial charge in [-0.15, -0.1) is 6.58 Å². The number of carbonyl (C=O) groups excluding carboxylic acids is 1. The number of rotatable bonds is 4. The predicted molar refractivity (Wildman–Crippen MR) is 116 cm³/mol. The molecule has 30 heavy (non-hydrogen) atoms. The highest BCUT2D eigenvalue weighted by Gasteiger charge is 2.18. The zero-order valence-electron chi connectivity index (χ0n) is 16.8. The van der Waals surface area contributed by atoms with Crippen LogP contribution in [0.2, 0.25) is 0 Å². The molecule has 0 aliphatic carbocycles. The van der Waals surface area contributed by atoms with Crippen molar-refractivity contribution in [3.63, 3.8) is 0 Å². The Hall–Kier alpha value is -4.00. The molecule has 3 heterocycles. The molecule has 0 aliphatic heterocycles. The van der Waals surface area contributed by atoms with E-state index in [2.05, 4.69) is 11.9 Å². The molecule has 7 nitrogen and oxygen atoms in total. The zero-order valence-corrected chi connectivity index (χ0v) is 16.8. The molecule has 1 aromatic carbocycles. The van der Waals surface area contributed by atoms with E-state index >= 15 is 0 Å². The number of hydrogen-bond donors (Lipinski definition) is 2. The van der Waals surface area contributed by atoms with Gasteiger partial charge in [0.1, 0.15) is 11.1 Å². The molecule has 0 saturated carbocycles. The molecule has 3 aromatic heterocycles. The largest absolute Gasteiger partial charge is 0.348 e. The highest BCUT2D eigenvalue weighted by atomic mass is 16.1. The summed E-state index contributed by atoms with van der Waals surface area (Å²) >= 11 is 0. The van der Waals surface area contributed by atoms with Gasteiger partial charge >= 0.3 is 0 Å². The van der Waals surface area contributed by atoms with Crippen molar-refractivity contribution in [2.75, 3.05) is 6.54 Å². The molecule has 0 saturated heterocycles. The second-order valence-corrected chi connectivity index (χ2v) is 7.12. The van der Waals surface area contributed by atoms with Crippen LogP contribution in [0.15, 0.2) is 66.1 Å². The Morgan fingerprint density at radius 2 is 1.93 bits per heavy atom. The van der Waals surface area contributed by atoms with Gasteiger partial charge in [0.15, 0.2) is 5.65 Å². The number of hydrogen-bond acceptors (Lipinski definition) is 4. The van der Waals surface area contributed by atoms with Gasteiger partial charge in [0.05, 0.1) is 10.9 Å². The van der Waals surface area contributed by atoms with Gasteiger partial charge in [-0.3, -0.25) is 24.0 Å². The van der Waals surface area contributed by atoms with Crippen molar-refractivity contribution in [2.24, 2.45) is 0 Å². The van der Waals surface area contributed by atoms with E-state index in [0.29, 0.717) is 17.0 Å². The van der Waals surface area contributed by atoms with Crippen molar-refractivity contribution in [3.8, 4) is 5.69 Å². The fourth-order valence-corrected chi connectivity index (χ4v) is 3.41. The molecular formula is C23H21N5O2. The quantitative estimate of drug-likeness (QED) is 0.408. The number of aryl methyl sites for hydroxylation is 2. The predicted octanol–water partition coefficient (Wildman–Crippen LogP) is 2.65. The van der Waals surface area contributed by atoms with Crippen LogP contribution in [-0.4, -0.2) is 26.4 Å². The summed E-state index contributed by atoms with van der Waals surface area (Å²) in [6.07, 6.45) is 3.21. The normalized spacial score (nSPS) is 11.0. The standard InChI is InChI=1S/C23H21N5O2/c1-4-11-25-22(29)17-13-18-21(26-20-15(3)6-5-12-27(20)23(18)30)28(19(17)24)16-9-7-14(2)8-10-16/h4-10,12-13,24H,1,11H2,2-3H3,(H,25,29). The molecule has 4 rings (SSSR count). The summed E-state index contributed by atoms with van der Waals surface area (Å²) in [6.45, 7) is 7.70. The fourth-order valence-electron chi connectivity index (χ4n) is 3.41. The Kier molecular flexibility index (Phi) is 4.79. The van der Waals surface area contributed by atoms with Crippen molar-refractivity contribution in [2.45, 2.75) is 13.8 Å². The van der Waals surface area contributed by atoms with Gasteiger partial charge in [0.2, 0.25) is 0 Å². The van der Waals surface area contributed by atoms with E-state index in [1.807, 2.05) is 44.2 Å². The maximum Gasteiger partial charge on any atom is 0.267 e. The van der Waals surface area contributed by atoms with E-state index in [0.717, 1.165) is 11.1 Å². The molecular weight excluding hydrogens is 378 g/mol. The summed E-state index contributed by atoms with van der Waals surface area (Å²) in [5.41, 5.74) is 3.16. The van der Waals surface area contributed by atoms with Crippen LogP contribution in [0.4, 0.5) is 0 Å². The molecule has 0 spiro atoms. The van der Waals surface area contributed by atoms with Crippen LogP contribution >= 0.6 is 0 Å². The van der Waals surface area contributed by atoms with Gasteiger partial charge in [0, 0.05) is 18.4 Å². The molecule has 0 bridgehead atoms. The summed E-state index contributed by atoms with van der Waals surface area (Å²) in [6, 6.07) is 12.6. The van der Waals surface area contributed by atoms with E-state index in [4.69, 9.17) is 10.4 Å². The molecule has 0 fully saturated rings. The monoisotopic (exact) mass is 399 g/mol. The Labute approximate surface area is 172 Å². The summed E-state index contributed by atoms with van der Waals surface area (Å²) < 4.78 is 3.01. The SMILES string of the molecule is C=CCNC(=O)c1cc2c(=O)n3cccc(C)c3nc2n(-c2ccc(C)cc2)c1=N. The van der Waals surface area contributed by atoms with Gasteiger partial charge in [-0.05, 0) is 43.7 Å². The third kappa shape index (κ3) is 3.10. The topological polar surface area (TPSA) is 92.2 Å². The lowest BCUT2D eigenvalue weighted by molar-refractivity contribution is 0.0956. The van der Waals surface area contributed by atoms with Crippen molar-refractivity contribution in [1.82, 2.24) is 19.3 Å². The van der Waals surface area contributed by atoms with Gasteiger partial charge in [-0.2, -0.15) is 0 Å². The number of carbonyl (C=O) groups is 1. The number of benzene rings is 1. The van der Waals surface area contributed by atoms with Crippen LogP contribution < -0.4 is 16.4 Å². The number of fused-ring (bicyclic) bond motifs is 2. The Morgan fingerprint density at radius 1 is 1.20 bits per heavy atom. The van der Waals surface area contributed by atoms with Gasteiger partial charge in [-0.1, -0.05) is 29.8 Å². The van der Waals surface area contributed by atoms with Crippen molar-refractivity contribution >= 4 is 22.6 Å². The number of nitrogens with one attached hydrogen (secondary N) is 2. The molecule has 150 valence electrons. The smallest absolute Gasteiger partial charge is 0.267 e. The minimum Gasteiger partial charge on any atom is -0.348 e. The average Bonchev–Trinajstić information content (AvgIpc) is 2.74. The third-order valence-electron chi connectivity index (χ3n) is 4.99. The first-order chi connectivity index (χ1) is 14.4. The number of amides is 1.